The van der Waals surface area contributed by atoms with Gasteiger partial charge in [0.15, 0.2) is 0 Å². The van der Waals surface area contributed by atoms with Gasteiger partial charge in [-0.3, -0.25) is 20.0 Å². The number of ether oxygens (including phenoxy) is 1. The molecule has 3 rings (SSSR count). The average molecular weight is 419 g/mol. The maximum atomic E-state index is 13.5. The zero-order valence-electron chi connectivity index (χ0n) is 16.3. The van der Waals surface area contributed by atoms with E-state index in [0.29, 0.717) is 24.8 Å². The van der Waals surface area contributed by atoms with Crippen LogP contribution in [0.2, 0.25) is 5.02 Å². The van der Waals surface area contributed by atoms with E-state index in [1.54, 1.807) is 12.1 Å². The lowest BCUT2D eigenvalue weighted by molar-refractivity contribution is 0.0394. The lowest BCUT2D eigenvalue weighted by atomic mass is 10.2. The molecule has 0 spiro atoms. The van der Waals surface area contributed by atoms with Gasteiger partial charge in [0, 0.05) is 35.9 Å². The summed E-state index contributed by atoms with van der Waals surface area (Å²) in [6.45, 7) is 6.27. The van der Waals surface area contributed by atoms with Gasteiger partial charge in [-0.1, -0.05) is 23.7 Å². The number of anilines is 1. The molecule has 0 unspecified atom stereocenters. The number of nitrogens with one attached hydrogen (secondary N) is 2. The summed E-state index contributed by atoms with van der Waals surface area (Å²) in [5.74, 6) is -0.623. The van der Waals surface area contributed by atoms with Crippen LogP contribution < -0.4 is 10.6 Å². The van der Waals surface area contributed by atoms with E-state index in [4.69, 9.17) is 16.3 Å². The second-order valence-electron chi connectivity index (χ2n) is 6.69. The van der Waals surface area contributed by atoms with E-state index in [9.17, 15) is 9.18 Å². The number of hydrogen-bond donors (Lipinski definition) is 2. The fourth-order valence-corrected chi connectivity index (χ4v) is 3.09. The minimum Gasteiger partial charge on any atom is -0.379 e. The number of rotatable bonds is 5. The fraction of sp³-hybridized carbons (Fsp3) is 0.333. The second kappa shape index (κ2) is 10.3. The van der Waals surface area contributed by atoms with Crippen LogP contribution >= 0.6 is 11.6 Å². The highest BCUT2D eigenvalue weighted by Gasteiger charge is 2.13. The number of nitrogens with zero attached hydrogens (tertiary/aromatic N) is 2. The Morgan fingerprint density at radius 1 is 1.24 bits per heavy atom. The molecule has 1 heterocycles. The van der Waals surface area contributed by atoms with E-state index in [2.05, 4.69) is 20.5 Å². The summed E-state index contributed by atoms with van der Waals surface area (Å²) in [4.78, 5) is 19.3. The maximum Gasteiger partial charge on any atom is 0.258 e. The molecule has 0 atom stereocenters. The van der Waals surface area contributed by atoms with Crippen LogP contribution in [0.3, 0.4) is 0 Å². The molecular weight excluding hydrogens is 395 g/mol. The number of guanidine groups is 1. The number of carbonyl (C=O) groups is 1. The average Bonchev–Trinajstić information content (AvgIpc) is 2.72. The van der Waals surface area contributed by atoms with Gasteiger partial charge in [0.05, 0.1) is 19.8 Å². The number of aliphatic imine (C=N–C) groups is 1. The highest BCUT2D eigenvalue weighted by molar-refractivity contribution is 6.31. The molecule has 8 heteroatoms. The third-order valence-electron chi connectivity index (χ3n) is 4.63. The Bertz CT molecular complexity index is 885. The Hall–Kier alpha value is -2.48. The van der Waals surface area contributed by atoms with E-state index < -0.39 is 11.7 Å². The molecule has 1 amide bonds. The zero-order valence-corrected chi connectivity index (χ0v) is 17.0. The maximum absolute atomic E-state index is 13.5. The molecule has 0 aromatic heterocycles. The van der Waals surface area contributed by atoms with E-state index in [0.717, 1.165) is 30.9 Å². The quantitative estimate of drug-likeness (QED) is 0.577. The molecule has 1 aliphatic rings. The monoisotopic (exact) mass is 418 g/mol. The summed E-state index contributed by atoms with van der Waals surface area (Å²) in [5.41, 5.74) is 1.80. The number of hydrogen-bond acceptors (Lipinski definition) is 4. The normalized spacial score (nSPS) is 15.2. The first-order chi connectivity index (χ1) is 14.0. The fourth-order valence-electron chi connectivity index (χ4n) is 2.92. The molecule has 29 heavy (non-hydrogen) atoms. The number of amides is 1. The van der Waals surface area contributed by atoms with Crippen LogP contribution in [0.4, 0.5) is 10.1 Å². The number of halogens is 2. The summed E-state index contributed by atoms with van der Waals surface area (Å²) in [6.07, 6.45) is 0. The van der Waals surface area contributed by atoms with Gasteiger partial charge in [-0.15, -0.1) is 0 Å². The van der Waals surface area contributed by atoms with Crippen LogP contribution in [0.15, 0.2) is 47.5 Å². The van der Waals surface area contributed by atoms with Crippen LogP contribution in [-0.4, -0.2) is 56.2 Å². The van der Waals surface area contributed by atoms with Gasteiger partial charge < -0.3 is 10.1 Å². The Labute approximate surface area is 174 Å². The lowest BCUT2D eigenvalue weighted by Gasteiger charge is -2.25. The summed E-state index contributed by atoms with van der Waals surface area (Å²) in [5, 5.41) is 6.49. The van der Waals surface area contributed by atoms with Gasteiger partial charge in [0.1, 0.15) is 5.82 Å². The first kappa shape index (κ1) is 21.2. The van der Waals surface area contributed by atoms with Crippen molar-refractivity contribution < 1.29 is 13.9 Å². The topological polar surface area (TPSA) is 66.0 Å². The van der Waals surface area contributed by atoms with Crippen LogP contribution in [0.5, 0.6) is 0 Å². The van der Waals surface area contributed by atoms with E-state index in [1.807, 2.05) is 19.1 Å². The van der Waals surface area contributed by atoms with E-state index >= 15 is 0 Å². The minimum atomic E-state index is -0.470. The van der Waals surface area contributed by atoms with Crippen molar-refractivity contribution in [1.29, 1.82) is 0 Å². The summed E-state index contributed by atoms with van der Waals surface area (Å²) < 4.78 is 18.8. The Kier molecular flexibility index (Phi) is 7.57. The molecule has 1 saturated heterocycles. The Morgan fingerprint density at radius 3 is 2.76 bits per heavy atom. The SMILES string of the molecule is Cc1c(Cl)cccc1NC(=NCCN1CCOCC1)NC(=O)c1cccc(F)c1. The Morgan fingerprint density at radius 2 is 2.00 bits per heavy atom. The van der Waals surface area contributed by atoms with Crippen molar-refractivity contribution in [1.82, 2.24) is 10.2 Å². The van der Waals surface area contributed by atoms with Crippen molar-refractivity contribution in [2.45, 2.75) is 6.92 Å². The third-order valence-corrected chi connectivity index (χ3v) is 5.04. The molecule has 2 N–H and O–H groups in total. The highest BCUT2D eigenvalue weighted by atomic mass is 35.5. The van der Waals surface area contributed by atoms with Crippen LogP contribution in [-0.2, 0) is 4.74 Å². The van der Waals surface area contributed by atoms with Crippen molar-refractivity contribution in [3.8, 4) is 0 Å². The van der Waals surface area contributed by atoms with Crippen LogP contribution in [0.1, 0.15) is 15.9 Å². The summed E-state index contributed by atoms with van der Waals surface area (Å²) >= 11 is 6.19. The largest absolute Gasteiger partial charge is 0.379 e. The molecule has 2 aromatic carbocycles. The first-order valence-electron chi connectivity index (χ1n) is 9.46. The molecule has 1 aliphatic heterocycles. The number of carbonyl (C=O) groups excluding carboxylic acids is 1. The second-order valence-corrected chi connectivity index (χ2v) is 7.09. The summed E-state index contributed by atoms with van der Waals surface area (Å²) in [6, 6.07) is 11.0. The van der Waals surface area contributed by atoms with E-state index in [-0.39, 0.29) is 11.5 Å². The van der Waals surface area contributed by atoms with Crippen LogP contribution in [0.25, 0.3) is 0 Å². The molecule has 0 bridgehead atoms. The number of benzene rings is 2. The van der Waals surface area contributed by atoms with Crippen molar-refractivity contribution in [3.05, 3.63) is 64.4 Å². The van der Waals surface area contributed by atoms with E-state index in [1.165, 1.54) is 18.2 Å². The molecule has 6 nitrogen and oxygen atoms in total. The molecule has 2 aromatic rings. The molecule has 0 saturated carbocycles. The first-order valence-corrected chi connectivity index (χ1v) is 9.84. The lowest BCUT2D eigenvalue weighted by Crippen LogP contribution is -2.39. The molecule has 154 valence electrons. The predicted octanol–water partition coefficient (Wildman–Crippen LogP) is 3.32. The van der Waals surface area contributed by atoms with Gasteiger partial charge in [0.2, 0.25) is 5.96 Å². The van der Waals surface area contributed by atoms with Gasteiger partial charge in [-0.05, 0) is 42.8 Å². The van der Waals surface area contributed by atoms with Gasteiger partial charge in [-0.25, -0.2) is 4.39 Å². The predicted molar refractivity (Wildman–Crippen MR) is 113 cm³/mol. The highest BCUT2D eigenvalue weighted by Crippen LogP contribution is 2.22. The standard InChI is InChI=1S/C21H24ClFN4O2/c1-15-18(22)6-3-7-19(15)25-21(24-8-9-27-10-12-29-13-11-27)26-20(28)16-4-2-5-17(23)14-16/h2-7,14H,8-13H2,1H3,(H2,24,25,26,28). The smallest absolute Gasteiger partial charge is 0.258 e. The van der Waals surface area contributed by atoms with Crippen molar-refractivity contribution in [3.63, 3.8) is 0 Å². The van der Waals surface area contributed by atoms with Gasteiger partial charge in [-0.2, -0.15) is 0 Å². The third kappa shape index (κ3) is 6.25. The summed E-state index contributed by atoms with van der Waals surface area (Å²) in [7, 11) is 0. The molecular formula is C21H24ClFN4O2. The molecule has 1 fully saturated rings. The van der Waals surface area contributed by atoms with Gasteiger partial charge >= 0.3 is 0 Å². The van der Waals surface area contributed by atoms with Crippen molar-refractivity contribution in [2.24, 2.45) is 4.99 Å². The van der Waals surface area contributed by atoms with Gasteiger partial charge in [0.25, 0.3) is 5.91 Å². The minimum absolute atomic E-state index is 0.218. The van der Waals surface area contributed by atoms with Crippen molar-refractivity contribution in [2.75, 3.05) is 44.7 Å². The van der Waals surface area contributed by atoms with Crippen molar-refractivity contribution >= 4 is 29.2 Å². The Balaban J connectivity index is 1.73. The molecule has 0 radical (unpaired) electrons. The number of morpholine rings is 1. The molecule has 0 aliphatic carbocycles. The zero-order chi connectivity index (χ0) is 20.6. The van der Waals surface area contributed by atoms with Crippen LogP contribution in [0, 0.1) is 12.7 Å².